The quantitative estimate of drug-likeness (QED) is 0.686. The Labute approximate surface area is 92.8 Å². The molecular weight excluding hydrogens is 192 g/mol. The van der Waals surface area contributed by atoms with Gasteiger partial charge in [-0.3, -0.25) is 4.79 Å². The summed E-state index contributed by atoms with van der Waals surface area (Å²) in [6, 6.07) is 0.202. The van der Waals surface area contributed by atoms with Crippen molar-refractivity contribution in [2.45, 2.75) is 33.2 Å². The van der Waals surface area contributed by atoms with Crippen LogP contribution in [0, 0.1) is 5.92 Å². The molecule has 0 aliphatic carbocycles. The molecule has 0 aliphatic rings. The van der Waals surface area contributed by atoms with Crippen molar-refractivity contribution in [2.24, 2.45) is 11.7 Å². The second-order valence-corrected chi connectivity index (χ2v) is 3.96. The number of rotatable bonds is 7. The number of methoxy groups -OCH3 is 1. The van der Waals surface area contributed by atoms with Crippen LogP contribution in [0.4, 0.5) is 0 Å². The molecule has 15 heavy (non-hydrogen) atoms. The van der Waals surface area contributed by atoms with Crippen LogP contribution in [-0.2, 0) is 9.53 Å². The Morgan fingerprint density at radius 1 is 1.47 bits per heavy atom. The maximum Gasteiger partial charge on any atom is 0.227 e. The highest BCUT2D eigenvalue weighted by atomic mass is 16.5. The molecule has 0 bridgehead atoms. The Hall–Kier alpha value is -0.610. The molecule has 0 spiro atoms. The smallest absolute Gasteiger partial charge is 0.227 e. The Balaban J connectivity index is 4.39. The molecule has 1 unspecified atom stereocenters. The lowest BCUT2D eigenvalue weighted by Gasteiger charge is -2.29. The monoisotopic (exact) mass is 216 g/mol. The molecule has 0 fully saturated rings. The molecule has 2 N–H and O–H groups in total. The first-order valence-electron chi connectivity index (χ1n) is 5.57. The summed E-state index contributed by atoms with van der Waals surface area (Å²) in [5, 5.41) is 0. The van der Waals surface area contributed by atoms with Crippen LogP contribution >= 0.6 is 0 Å². The zero-order valence-corrected chi connectivity index (χ0v) is 10.3. The van der Waals surface area contributed by atoms with E-state index >= 15 is 0 Å². The SMILES string of the molecule is CCC(CN)C(=O)N(CCOC)C(C)C. The summed E-state index contributed by atoms with van der Waals surface area (Å²) < 4.78 is 4.99. The zero-order chi connectivity index (χ0) is 11.8. The van der Waals surface area contributed by atoms with Crippen LogP contribution in [0.5, 0.6) is 0 Å². The van der Waals surface area contributed by atoms with Gasteiger partial charge in [-0.05, 0) is 20.3 Å². The van der Waals surface area contributed by atoms with Gasteiger partial charge in [0.2, 0.25) is 5.91 Å². The van der Waals surface area contributed by atoms with Gasteiger partial charge in [-0.1, -0.05) is 6.92 Å². The molecule has 1 amide bonds. The Morgan fingerprint density at radius 3 is 2.40 bits per heavy atom. The van der Waals surface area contributed by atoms with E-state index in [1.165, 1.54) is 0 Å². The molecule has 0 aliphatic heterocycles. The maximum absolute atomic E-state index is 12.0. The summed E-state index contributed by atoms with van der Waals surface area (Å²) in [5.41, 5.74) is 5.57. The molecule has 0 aromatic heterocycles. The van der Waals surface area contributed by atoms with Gasteiger partial charge in [-0.15, -0.1) is 0 Å². The van der Waals surface area contributed by atoms with E-state index in [9.17, 15) is 4.79 Å². The molecule has 4 nitrogen and oxygen atoms in total. The van der Waals surface area contributed by atoms with Gasteiger partial charge in [0.15, 0.2) is 0 Å². The van der Waals surface area contributed by atoms with Crippen LogP contribution in [0.25, 0.3) is 0 Å². The van der Waals surface area contributed by atoms with Gasteiger partial charge in [0.05, 0.1) is 12.5 Å². The second-order valence-electron chi connectivity index (χ2n) is 3.96. The van der Waals surface area contributed by atoms with Crippen molar-refractivity contribution in [3.8, 4) is 0 Å². The van der Waals surface area contributed by atoms with Crippen molar-refractivity contribution in [3.63, 3.8) is 0 Å². The molecule has 4 heteroatoms. The van der Waals surface area contributed by atoms with Gasteiger partial charge in [0.25, 0.3) is 0 Å². The minimum absolute atomic E-state index is 0.0516. The lowest BCUT2D eigenvalue weighted by molar-refractivity contribution is -0.137. The molecule has 0 saturated heterocycles. The third-order valence-electron chi connectivity index (χ3n) is 2.57. The number of amides is 1. The lowest BCUT2D eigenvalue weighted by atomic mass is 10.0. The van der Waals surface area contributed by atoms with Crippen molar-refractivity contribution >= 4 is 5.91 Å². The largest absolute Gasteiger partial charge is 0.383 e. The number of ether oxygens (including phenoxy) is 1. The van der Waals surface area contributed by atoms with Gasteiger partial charge in [-0.25, -0.2) is 0 Å². The number of nitrogens with zero attached hydrogens (tertiary/aromatic N) is 1. The van der Waals surface area contributed by atoms with Crippen LogP contribution in [0.15, 0.2) is 0 Å². The summed E-state index contributed by atoms with van der Waals surface area (Å²) in [6.45, 7) is 7.65. The number of nitrogens with two attached hydrogens (primary N) is 1. The summed E-state index contributed by atoms with van der Waals surface area (Å²) in [7, 11) is 1.64. The summed E-state index contributed by atoms with van der Waals surface area (Å²) in [4.78, 5) is 13.9. The number of carbonyl (C=O) groups excluding carboxylic acids is 1. The molecular formula is C11H24N2O2. The van der Waals surface area contributed by atoms with E-state index in [1.54, 1.807) is 7.11 Å². The number of hydrogen-bond acceptors (Lipinski definition) is 3. The van der Waals surface area contributed by atoms with Gasteiger partial charge in [0, 0.05) is 26.2 Å². The van der Waals surface area contributed by atoms with E-state index in [2.05, 4.69) is 0 Å². The first-order valence-corrected chi connectivity index (χ1v) is 5.57. The van der Waals surface area contributed by atoms with Gasteiger partial charge < -0.3 is 15.4 Å². The number of carbonyl (C=O) groups is 1. The van der Waals surface area contributed by atoms with E-state index in [4.69, 9.17) is 10.5 Å². The van der Waals surface area contributed by atoms with Crippen molar-refractivity contribution in [3.05, 3.63) is 0 Å². The van der Waals surface area contributed by atoms with Crippen molar-refractivity contribution in [1.29, 1.82) is 0 Å². The molecule has 0 heterocycles. The summed E-state index contributed by atoms with van der Waals surface area (Å²) in [5.74, 6) is 0.0938. The molecule has 0 rings (SSSR count). The predicted molar refractivity (Wildman–Crippen MR) is 61.6 cm³/mol. The standard InChI is InChI=1S/C11H24N2O2/c1-5-10(8-12)11(14)13(9(2)3)6-7-15-4/h9-10H,5-8,12H2,1-4H3. The van der Waals surface area contributed by atoms with E-state index < -0.39 is 0 Å². The fraction of sp³-hybridized carbons (Fsp3) is 0.909. The van der Waals surface area contributed by atoms with E-state index in [-0.39, 0.29) is 17.9 Å². The first kappa shape index (κ1) is 14.4. The highest BCUT2D eigenvalue weighted by Crippen LogP contribution is 2.09. The minimum atomic E-state index is -0.0516. The summed E-state index contributed by atoms with van der Waals surface area (Å²) >= 11 is 0. The molecule has 0 saturated carbocycles. The summed E-state index contributed by atoms with van der Waals surface area (Å²) in [6.07, 6.45) is 0.797. The van der Waals surface area contributed by atoms with E-state index in [0.29, 0.717) is 19.7 Å². The first-order chi connectivity index (χ1) is 7.08. The third kappa shape index (κ3) is 4.62. The van der Waals surface area contributed by atoms with Crippen LogP contribution in [0.1, 0.15) is 27.2 Å². The van der Waals surface area contributed by atoms with E-state index in [1.807, 2.05) is 25.7 Å². The van der Waals surface area contributed by atoms with Crippen LogP contribution in [0.2, 0.25) is 0 Å². The highest BCUT2D eigenvalue weighted by Gasteiger charge is 2.23. The Bertz CT molecular complexity index is 179. The van der Waals surface area contributed by atoms with Crippen LogP contribution in [-0.4, -0.2) is 43.7 Å². The van der Waals surface area contributed by atoms with Gasteiger partial charge in [0.1, 0.15) is 0 Å². The van der Waals surface area contributed by atoms with Crippen LogP contribution in [0.3, 0.4) is 0 Å². The molecule has 0 radical (unpaired) electrons. The normalized spacial score (nSPS) is 12.9. The molecule has 1 atom stereocenters. The van der Waals surface area contributed by atoms with Crippen molar-refractivity contribution in [1.82, 2.24) is 4.90 Å². The minimum Gasteiger partial charge on any atom is -0.383 e. The second kappa shape index (κ2) is 7.65. The Kier molecular flexibility index (Phi) is 7.34. The molecule has 0 aromatic carbocycles. The topological polar surface area (TPSA) is 55.6 Å². The van der Waals surface area contributed by atoms with Crippen LogP contribution < -0.4 is 5.73 Å². The number of hydrogen-bond donors (Lipinski definition) is 1. The molecule has 90 valence electrons. The average Bonchev–Trinajstić information content (AvgIpc) is 2.19. The van der Waals surface area contributed by atoms with E-state index in [0.717, 1.165) is 6.42 Å². The predicted octanol–water partition coefficient (Wildman–Crippen LogP) is 0.855. The highest BCUT2D eigenvalue weighted by molar-refractivity contribution is 5.79. The molecule has 0 aromatic rings. The third-order valence-corrected chi connectivity index (χ3v) is 2.57. The average molecular weight is 216 g/mol. The lowest BCUT2D eigenvalue weighted by Crippen LogP contribution is -2.44. The van der Waals surface area contributed by atoms with Gasteiger partial charge in [-0.2, -0.15) is 0 Å². The Morgan fingerprint density at radius 2 is 2.07 bits per heavy atom. The maximum atomic E-state index is 12.0. The van der Waals surface area contributed by atoms with Crippen molar-refractivity contribution in [2.75, 3.05) is 26.8 Å². The van der Waals surface area contributed by atoms with Crippen molar-refractivity contribution < 1.29 is 9.53 Å². The zero-order valence-electron chi connectivity index (χ0n) is 10.3. The fourth-order valence-electron chi connectivity index (χ4n) is 1.49. The van der Waals surface area contributed by atoms with Gasteiger partial charge >= 0.3 is 0 Å². The fourth-order valence-corrected chi connectivity index (χ4v) is 1.49.